The Labute approximate surface area is 208 Å². The fourth-order valence-corrected chi connectivity index (χ4v) is 4.18. The summed E-state index contributed by atoms with van der Waals surface area (Å²) in [7, 11) is 0. The highest BCUT2D eigenvalue weighted by Gasteiger charge is 2.20. The van der Waals surface area contributed by atoms with Crippen LogP contribution in [0.25, 0.3) is 11.3 Å². The first-order valence-corrected chi connectivity index (χ1v) is 11.8. The van der Waals surface area contributed by atoms with E-state index in [4.69, 9.17) is 28.2 Å². The molecule has 9 heteroatoms. The van der Waals surface area contributed by atoms with Crippen molar-refractivity contribution in [2.24, 2.45) is 0 Å². The zero-order chi connectivity index (χ0) is 24.1. The second kappa shape index (κ2) is 10.7. The molecule has 2 N–H and O–H groups in total. The van der Waals surface area contributed by atoms with Gasteiger partial charge in [-0.15, -0.1) is 0 Å². The lowest BCUT2D eigenvalue weighted by Gasteiger charge is -2.36. The maximum absolute atomic E-state index is 12.5. The highest BCUT2D eigenvalue weighted by Crippen LogP contribution is 2.25. The lowest BCUT2D eigenvalue weighted by Crippen LogP contribution is -2.48. The molecule has 0 saturated carbocycles. The number of halogens is 1. The molecule has 0 atom stereocenters. The molecule has 1 fully saturated rings. The van der Waals surface area contributed by atoms with E-state index in [1.165, 1.54) is 0 Å². The molecule has 3 aromatic rings. The van der Waals surface area contributed by atoms with Crippen molar-refractivity contribution in [2.75, 3.05) is 36.4 Å². The molecule has 4 rings (SSSR count). The Morgan fingerprint density at radius 1 is 1.03 bits per heavy atom. The molecule has 176 valence electrons. The van der Waals surface area contributed by atoms with Gasteiger partial charge in [-0.2, -0.15) is 0 Å². The first-order valence-electron chi connectivity index (χ1n) is 11.0. The van der Waals surface area contributed by atoms with E-state index in [1.54, 1.807) is 24.3 Å². The number of furan rings is 1. The van der Waals surface area contributed by atoms with Crippen molar-refractivity contribution in [1.82, 2.24) is 10.2 Å². The van der Waals surface area contributed by atoms with Crippen molar-refractivity contribution in [3.63, 3.8) is 0 Å². The minimum Gasteiger partial charge on any atom is -0.451 e. The summed E-state index contributed by atoms with van der Waals surface area (Å²) in [5, 5.41) is 6.41. The zero-order valence-corrected chi connectivity index (χ0v) is 20.3. The van der Waals surface area contributed by atoms with E-state index in [-0.39, 0.29) is 16.8 Å². The molecule has 2 heterocycles. The van der Waals surface area contributed by atoms with Gasteiger partial charge in [-0.05, 0) is 60.7 Å². The Kier molecular flexibility index (Phi) is 7.49. The van der Waals surface area contributed by atoms with Gasteiger partial charge < -0.3 is 19.5 Å². The van der Waals surface area contributed by atoms with Crippen molar-refractivity contribution >= 4 is 52.1 Å². The zero-order valence-electron chi connectivity index (χ0n) is 18.7. The van der Waals surface area contributed by atoms with Crippen LogP contribution in [0.15, 0.2) is 65.1 Å². The number of hydrogen-bond acceptors (Lipinski definition) is 5. The van der Waals surface area contributed by atoms with E-state index in [9.17, 15) is 9.59 Å². The van der Waals surface area contributed by atoms with E-state index in [2.05, 4.69) is 15.5 Å². The number of carbonyl (C=O) groups excluding carboxylic acids is 2. The highest BCUT2D eigenvalue weighted by molar-refractivity contribution is 7.80. The largest absolute Gasteiger partial charge is 0.451 e. The van der Waals surface area contributed by atoms with Crippen LogP contribution in [0.3, 0.4) is 0 Å². The van der Waals surface area contributed by atoms with Crippen molar-refractivity contribution in [2.45, 2.75) is 13.3 Å². The highest BCUT2D eigenvalue weighted by atomic mass is 35.5. The molecule has 1 aromatic heterocycles. The van der Waals surface area contributed by atoms with Gasteiger partial charge in [0.1, 0.15) is 5.76 Å². The van der Waals surface area contributed by atoms with Crippen molar-refractivity contribution in [1.29, 1.82) is 0 Å². The van der Waals surface area contributed by atoms with Gasteiger partial charge in [0.2, 0.25) is 5.91 Å². The predicted octanol–water partition coefficient (Wildman–Crippen LogP) is 4.79. The lowest BCUT2D eigenvalue weighted by atomic mass is 10.2. The molecule has 2 aromatic carbocycles. The number of thiocarbonyl (C=S) groups is 1. The number of nitrogens with zero attached hydrogens (tertiary/aromatic N) is 2. The van der Waals surface area contributed by atoms with E-state index >= 15 is 0 Å². The Bertz CT molecular complexity index is 1190. The number of piperazine rings is 1. The summed E-state index contributed by atoms with van der Waals surface area (Å²) in [6.45, 7) is 4.95. The van der Waals surface area contributed by atoms with Crippen LogP contribution in [0.4, 0.5) is 11.4 Å². The Hall–Kier alpha value is -3.36. The molecule has 34 heavy (non-hydrogen) atoms. The summed E-state index contributed by atoms with van der Waals surface area (Å²) in [5.41, 5.74) is 2.62. The molecule has 2 amide bonds. The standard InChI is InChI=1S/C25H25ClN4O3S/c1-2-23(31)30-14-12-29(13-15-30)20-8-6-19(7-9-20)27-25(34)28-24(32)22-11-10-21(33-22)17-4-3-5-18(26)16-17/h3-11,16H,2,12-15H2,1H3,(H2,27,28,32,34). The van der Waals surface area contributed by atoms with Gasteiger partial charge in [0, 0.05) is 54.6 Å². The monoisotopic (exact) mass is 496 g/mol. The van der Waals surface area contributed by atoms with E-state index in [1.807, 2.05) is 48.2 Å². The van der Waals surface area contributed by atoms with E-state index in [0.29, 0.717) is 17.2 Å². The number of anilines is 2. The van der Waals surface area contributed by atoms with Gasteiger partial charge in [0.25, 0.3) is 5.91 Å². The average molecular weight is 497 g/mol. The summed E-state index contributed by atoms with van der Waals surface area (Å²) in [5.74, 6) is 0.448. The van der Waals surface area contributed by atoms with Crippen LogP contribution in [-0.2, 0) is 4.79 Å². The minimum absolute atomic E-state index is 0.148. The number of rotatable bonds is 5. The van der Waals surface area contributed by atoms with Crippen molar-refractivity contribution < 1.29 is 14.0 Å². The summed E-state index contributed by atoms with van der Waals surface area (Å²) in [6, 6.07) is 18.3. The summed E-state index contributed by atoms with van der Waals surface area (Å²) < 4.78 is 5.66. The molecule has 7 nitrogen and oxygen atoms in total. The van der Waals surface area contributed by atoms with Crippen molar-refractivity contribution in [3.8, 4) is 11.3 Å². The fourth-order valence-electron chi connectivity index (χ4n) is 3.78. The molecule has 1 aliphatic heterocycles. The van der Waals surface area contributed by atoms with Crippen LogP contribution in [0.2, 0.25) is 5.02 Å². The third kappa shape index (κ3) is 5.76. The van der Waals surface area contributed by atoms with Crippen LogP contribution in [-0.4, -0.2) is 48.0 Å². The van der Waals surface area contributed by atoms with Crippen LogP contribution < -0.4 is 15.5 Å². The number of hydrogen-bond donors (Lipinski definition) is 2. The third-order valence-corrected chi connectivity index (χ3v) is 6.03. The summed E-state index contributed by atoms with van der Waals surface area (Å²) in [6.07, 6.45) is 0.541. The van der Waals surface area contributed by atoms with Crippen LogP contribution in [0.1, 0.15) is 23.9 Å². The van der Waals surface area contributed by atoms with Gasteiger partial charge in [0.15, 0.2) is 10.9 Å². The van der Waals surface area contributed by atoms with Crippen molar-refractivity contribution in [3.05, 3.63) is 71.4 Å². The number of carbonyl (C=O) groups is 2. The van der Waals surface area contributed by atoms with E-state index < -0.39 is 5.91 Å². The summed E-state index contributed by atoms with van der Waals surface area (Å²) in [4.78, 5) is 28.5. The Morgan fingerprint density at radius 3 is 2.44 bits per heavy atom. The third-order valence-electron chi connectivity index (χ3n) is 5.59. The Morgan fingerprint density at radius 2 is 1.76 bits per heavy atom. The lowest BCUT2D eigenvalue weighted by molar-refractivity contribution is -0.131. The SMILES string of the molecule is CCC(=O)N1CCN(c2ccc(NC(=S)NC(=O)c3ccc(-c4cccc(Cl)c4)o3)cc2)CC1. The van der Waals surface area contributed by atoms with Gasteiger partial charge in [-0.3, -0.25) is 14.9 Å². The maximum Gasteiger partial charge on any atom is 0.293 e. The molecule has 0 spiro atoms. The summed E-state index contributed by atoms with van der Waals surface area (Å²) >= 11 is 11.3. The van der Waals surface area contributed by atoms with Crippen LogP contribution >= 0.6 is 23.8 Å². The molecule has 0 unspecified atom stereocenters. The number of benzene rings is 2. The van der Waals surface area contributed by atoms with Crippen LogP contribution in [0, 0.1) is 0 Å². The normalized spacial score (nSPS) is 13.5. The Balaban J connectivity index is 1.30. The molecule has 0 bridgehead atoms. The predicted molar refractivity (Wildman–Crippen MR) is 138 cm³/mol. The first kappa shape index (κ1) is 23.8. The second-order valence-electron chi connectivity index (χ2n) is 7.85. The average Bonchev–Trinajstić information content (AvgIpc) is 3.35. The second-order valence-corrected chi connectivity index (χ2v) is 8.70. The fraction of sp³-hybridized carbons (Fsp3) is 0.240. The molecule has 0 radical (unpaired) electrons. The minimum atomic E-state index is -0.443. The quantitative estimate of drug-likeness (QED) is 0.495. The van der Waals surface area contributed by atoms with E-state index in [0.717, 1.165) is 43.1 Å². The van der Waals surface area contributed by atoms with Gasteiger partial charge >= 0.3 is 0 Å². The molecule has 0 aliphatic carbocycles. The van der Waals surface area contributed by atoms with Crippen LogP contribution in [0.5, 0.6) is 0 Å². The molecule has 1 saturated heterocycles. The molecular formula is C25H25ClN4O3S. The number of amides is 2. The molecule has 1 aliphatic rings. The van der Waals surface area contributed by atoms with Gasteiger partial charge in [0.05, 0.1) is 0 Å². The van der Waals surface area contributed by atoms with Gasteiger partial charge in [-0.1, -0.05) is 30.7 Å². The van der Waals surface area contributed by atoms with Gasteiger partial charge in [-0.25, -0.2) is 0 Å². The first-order chi connectivity index (χ1) is 16.4. The maximum atomic E-state index is 12.5. The topological polar surface area (TPSA) is 77.8 Å². The molecular weight excluding hydrogens is 472 g/mol. The number of nitrogens with one attached hydrogen (secondary N) is 2. The smallest absolute Gasteiger partial charge is 0.293 e.